The highest BCUT2D eigenvalue weighted by Gasteiger charge is 2.02. The van der Waals surface area contributed by atoms with Crippen LogP contribution in [-0.2, 0) is 4.79 Å². The molecule has 0 aromatic carbocycles. The average molecular weight is 138 g/mol. The normalized spacial score (nSPS) is 8.88. The van der Waals surface area contributed by atoms with Gasteiger partial charge in [-0.3, -0.25) is 4.79 Å². The van der Waals surface area contributed by atoms with E-state index in [1.54, 1.807) is 0 Å². The Morgan fingerprint density at radius 2 is 2.38 bits per heavy atom. The summed E-state index contributed by atoms with van der Waals surface area (Å²) < 4.78 is 0. The molecule has 1 amide bonds. The molecule has 1 N–H and O–H groups in total. The molecule has 0 aliphatic rings. The number of halogens is 1. The van der Waals surface area contributed by atoms with Crippen molar-refractivity contribution in [3.63, 3.8) is 0 Å². The van der Waals surface area contributed by atoms with Gasteiger partial charge in [0, 0.05) is 7.05 Å². The lowest BCUT2D eigenvalue weighted by atomic mass is 10.6. The summed E-state index contributed by atoms with van der Waals surface area (Å²) in [7, 11) is 1.48. The van der Waals surface area contributed by atoms with E-state index in [4.69, 9.17) is 16.7 Å². The number of amides is 1. The number of carbonyl (C=O) groups excluding carboxylic acids is 1. The van der Waals surface area contributed by atoms with Crippen LogP contribution in [0.15, 0.2) is 0 Å². The lowest BCUT2D eigenvalue weighted by molar-refractivity contribution is -0.130. The number of aliphatic hydroxyl groups excluding tert-OH is 1. The van der Waals surface area contributed by atoms with Gasteiger partial charge in [0.05, 0.1) is 0 Å². The molecule has 0 radical (unpaired) electrons. The third kappa shape index (κ3) is 2.14. The van der Waals surface area contributed by atoms with Gasteiger partial charge >= 0.3 is 0 Å². The van der Waals surface area contributed by atoms with Gasteiger partial charge < -0.3 is 10.0 Å². The van der Waals surface area contributed by atoms with Crippen molar-refractivity contribution in [2.75, 3.05) is 19.7 Å². The Kier molecular flexibility index (Phi) is 3.56. The first-order valence-corrected chi connectivity index (χ1v) is 2.66. The maximum absolute atomic E-state index is 10.4. The minimum atomic E-state index is -0.272. The molecule has 3 nitrogen and oxygen atoms in total. The SMILES string of the molecule is CN(CO)C(=O)CCl. The molecule has 0 unspecified atom stereocenters. The molecule has 0 saturated carbocycles. The molecule has 0 aromatic rings. The molecule has 0 bridgehead atoms. The predicted molar refractivity (Wildman–Crippen MR) is 30.6 cm³/mol. The summed E-state index contributed by atoms with van der Waals surface area (Å²) in [6.07, 6.45) is 0. The smallest absolute Gasteiger partial charge is 0.239 e. The lowest BCUT2D eigenvalue weighted by Crippen LogP contribution is -2.28. The Morgan fingerprint density at radius 1 is 1.88 bits per heavy atom. The van der Waals surface area contributed by atoms with E-state index in [0.29, 0.717) is 0 Å². The van der Waals surface area contributed by atoms with Gasteiger partial charge in [-0.2, -0.15) is 0 Å². The first kappa shape index (κ1) is 7.72. The highest BCUT2D eigenvalue weighted by molar-refractivity contribution is 6.27. The van der Waals surface area contributed by atoms with Crippen molar-refractivity contribution in [1.29, 1.82) is 0 Å². The quantitative estimate of drug-likeness (QED) is 0.417. The molecular weight excluding hydrogens is 130 g/mol. The Hall–Kier alpha value is -0.280. The first-order chi connectivity index (χ1) is 3.72. The van der Waals surface area contributed by atoms with Crippen LogP contribution in [0.2, 0.25) is 0 Å². The average Bonchev–Trinajstić information content (AvgIpc) is 1.84. The van der Waals surface area contributed by atoms with Gasteiger partial charge in [0.15, 0.2) is 0 Å². The van der Waals surface area contributed by atoms with Crippen LogP contribution in [0.3, 0.4) is 0 Å². The van der Waals surface area contributed by atoms with Crippen molar-refractivity contribution in [3.8, 4) is 0 Å². The molecular formula is C4H8ClNO2. The Balaban J connectivity index is 3.46. The van der Waals surface area contributed by atoms with Crippen LogP contribution in [0.4, 0.5) is 0 Å². The maximum atomic E-state index is 10.4. The predicted octanol–water partition coefficient (Wildman–Crippen LogP) is -0.367. The number of alkyl halides is 1. The minimum absolute atomic E-state index is 0.0724. The van der Waals surface area contributed by atoms with Crippen LogP contribution in [0.1, 0.15) is 0 Å². The van der Waals surface area contributed by atoms with E-state index in [9.17, 15) is 4.79 Å². The van der Waals surface area contributed by atoms with E-state index >= 15 is 0 Å². The minimum Gasteiger partial charge on any atom is -0.376 e. The van der Waals surface area contributed by atoms with Crippen LogP contribution in [0.5, 0.6) is 0 Å². The van der Waals surface area contributed by atoms with Crippen LogP contribution >= 0.6 is 11.6 Å². The van der Waals surface area contributed by atoms with Crippen molar-refractivity contribution >= 4 is 17.5 Å². The van der Waals surface area contributed by atoms with Gasteiger partial charge in [0.1, 0.15) is 12.6 Å². The van der Waals surface area contributed by atoms with Crippen molar-refractivity contribution in [2.45, 2.75) is 0 Å². The summed E-state index contributed by atoms with van der Waals surface area (Å²) in [4.78, 5) is 11.5. The summed E-state index contributed by atoms with van der Waals surface area (Å²) in [5.41, 5.74) is 0. The Labute approximate surface area is 52.9 Å². The second-order valence-corrected chi connectivity index (χ2v) is 1.63. The highest BCUT2D eigenvalue weighted by Crippen LogP contribution is 1.83. The number of hydrogen-bond donors (Lipinski definition) is 1. The van der Waals surface area contributed by atoms with Gasteiger partial charge in [0.25, 0.3) is 0 Å². The van der Waals surface area contributed by atoms with E-state index in [1.165, 1.54) is 7.05 Å². The molecule has 0 saturated heterocycles. The molecule has 0 fully saturated rings. The van der Waals surface area contributed by atoms with E-state index in [1.807, 2.05) is 0 Å². The van der Waals surface area contributed by atoms with Gasteiger partial charge in [-0.1, -0.05) is 0 Å². The van der Waals surface area contributed by atoms with E-state index in [-0.39, 0.29) is 18.5 Å². The summed E-state index contributed by atoms with van der Waals surface area (Å²) >= 11 is 5.12. The number of hydrogen-bond acceptors (Lipinski definition) is 2. The van der Waals surface area contributed by atoms with Crippen molar-refractivity contribution in [1.82, 2.24) is 4.90 Å². The Bertz CT molecular complexity index is 86.1. The lowest BCUT2D eigenvalue weighted by Gasteiger charge is -2.09. The van der Waals surface area contributed by atoms with Gasteiger partial charge in [-0.25, -0.2) is 0 Å². The largest absolute Gasteiger partial charge is 0.376 e. The van der Waals surface area contributed by atoms with Crippen molar-refractivity contribution in [2.24, 2.45) is 0 Å². The fourth-order valence-electron chi connectivity index (χ4n) is 0.181. The zero-order chi connectivity index (χ0) is 6.57. The van der Waals surface area contributed by atoms with Crippen LogP contribution in [-0.4, -0.2) is 35.6 Å². The standard InChI is InChI=1S/C4H8ClNO2/c1-6(3-7)4(8)2-5/h7H,2-3H2,1H3. The number of aliphatic hydroxyl groups is 1. The number of rotatable bonds is 2. The van der Waals surface area contributed by atoms with Crippen molar-refractivity contribution in [3.05, 3.63) is 0 Å². The fraction of sp³-hybridized carbons (Fsp3) is 0.750. The third-order valence-electron chi connectivity index (χ3n) is 0.752. The molecule has 0 rings (SSSR count). The van der Waals surface area contributed by atoms with Crippen LogP contribution < -0.4 is 0 Å². The Morgan fingerprint density at radius 3 is 2.50 bits per heavy atom. The van der Waals surface area contributed by atoms with E-state index in [0.717, 1.165) is 4.90 Å². The number of carbonyl (C=O) groups is 1. The second kappa shape index (κ2) is 3.69. The van der Waals surface area contributed by atoms with Crippen LogP contribution in [0, 0.1) is 0 Å². The van der Waals surface area contributed by atoms with Gasteiger partial charge in [-0.05, 0) is 0 Å². The maximum Gasteiger partial charge on any atom is 0.239 e. The van der Waals surface area contributed by atoms with Gasteiger partial charge in [-0.15, -0.1) is 11.6 Å². The molecule has 0 aliphatic heterocycles. The van der Waals surface area contributed by atoms with Gasteiger partial charge in [0.2, 0.25) is 5.91 Å². The zero-order valence-electron chi connectivity index (χ0n) is 4.59. The third-order valence-corrected chi connectivity index (χ3v) is 0.981. The van der Waals surface area contributed by atoms with Crippen molar-refractivity contribution < 1.29 is 9.90 Å². The first-order valence-electron chi connectivity index (χ1n) is 2.13. The fourth-order valence-corrected chi connectivity index (χ4v) is 0.385. The molecule has 8 heavy (non-hydrogen) atoms. The second-order valence-electron chi connectivity index (χ2n) is 1.37. The zero-order valence-corrected chi connectivity index (χ0v) is 5.35. The molecule has 0 spiro atoms. The number of nitrogens with zero attached hydrogens (tertiary/aromatic N) is 1. The molecule has 48 valence electrons. The molecule has 0 aromatic heterocycles. The van der Waals surface area contributed by atoms with E-state index < -0.39 is 0 Å². The molecule has 0 heterocycles. The monoisotopic (exact) mass is 137 g/mol. The summed E-state index contributed by atoms with van der Waals surface area (Å²) in [5, 5.41) is 8.28. The summed E-state index contributed by atoms with van der Waals surface area (Å²) in [5.74, 6) is -0.342. The molecule has 0 atom stereocenters. The molecule has 0 aliphatic carbocycles. The van der Waals surface area contributed by atoms with E-state index in [2.05, 4.69) is 0 Å². The summed E-state index contributed by atoms with van der Waals surface area (Å²) in [6, 6.07) is 0. The van der Waals surface area contributed by atoms with Crippen LogP contribution in [0.25, 0.3) is 0 Å². The highest BCUT2D eigenvalue weighted by atomic mass is 35.5. The molecule has 4 heteroatoms. The summed E-state index contributed by atoms with van der Waals surface area (Å²) in [6.45, 7) is -0.272. The topological polar surface area (TPSA) is 40.5 Å².